The number of aliphatic carboxylic acids is 1. The Kier molecular flexibility index (Phi) is 13.9. The van der Waals surface area contributed by atoms with E-state index in [1.807, 2.05) is 6.92 Å². The van der Waals surface area contributed by atoms with Gasteiger partial charge in [-0.1, -0.05) is 78.1 Å². The van der Waals surface area contributed by atoms with Crippen LogP contribution in [0.4, 0.5) is 0 Å². The molecule has 0 N–H and O–H groups in total. The van der Waals surface area contributed by atoms with Crippen LogP contribution in [0.5, 0.6) is 0 Å². The van der Waals surface area contributed by atoms with Gasteiger partial charge >= 0.3 is 5.97 Å². The number of hydrogen-bond donors (Lipinski definition) is 0. The van der Waals surface area contributed by atoms with Gasteiger partial charge in [0.25, 0.3) is 0 Å². The van der Waals surface area contributed by atoms with Crippen molar-refractivity contribution in [2.75, 3.05) is 0 Å². The molecule has 0 radical (unpaired) electrons. The molecule has 0 saturated heterocycles. The molecule has 0 saturated carbocycles. The molecule has 0 aromatic rings. The summed E-state index contributed by atoms with van der Waals surface area (Å²) in [4.78, 5) is 22.3. The smallest absolute Gasteiger partial charge is 0.303 e. The lowest BCUT2D eigenvalue weighted by molar-refractivity contribution is -0.318. The van der Waals surface area contributed by atoms with Gasteiger partial charge in [-0.05, 0) is 12.8 Å². The monoisotopic (exact) mass is 327 g/mol. The Bertz CT molecular complexity index is 314. The van der Waals surface area contributed by atoms with Gasteiger partial charge in [0.2, 0.25) is 0 Å². The van der Waals surface area contributed by atoms with Gasteiger partial charge in [0.15, 0.2) is 0 Å². The van der Waals surface area contributed by atoms with E-state index in [2.05, 4.69) is 6.92 Å². The van der Waals surface area contributed by atoms with Crippen LogP contribution < -0.4 is 5.11 Å². The van der Waals surface area contributed by atoms with E-state index in [4.69, 9.17) is 4.74 Å². The van der Waals surface area contributed by atoms with Crippen molar-refractivity contribution in [3.8, 4) is 0 Å². The Labute approximate surface area is 142 Å². The summed E-state index contributed by atoms with van der Waals surface area (Å²) in [6.45, 7) is 5.49. The van der Waals surface area contributed by atoms with Gasteiger partial charge in [-0.15, -0.1) is 0 Å². The zero-order valence-electron chi connectivity index (χ0n) is 15.3. The van der Waals surface area contributed by atoms with Crippen molar-refractivity contribution in [1.82, 2.24) is 0 Å². The van der Waals surface area contributed by atoms with Crippen molar-refractivity contribution in [2.45, 2.75) is 104 Å². The molecular weight excluding hydrogens is 292 g/mol. The molecule has 0 spiro atoms. The summed E-state index contributed by atoms with van der Waals surface area (Å²) in [5.74, 6) is -1.94. The van der Waals surface area contributed by atoms with Crippen molar-refractivity contribution < 1.29 is 19.4 Å². The zero-order valence-corrected chi connectivity index (χ0v) is 15.3. The number of carboxylic acids is 1. The maximum atomic E-state index is 11.2. The summed E-state index contributed by atoms with van der Waals surface area (Å²) in [6.07, 6.45) is 12.5. The van der Waals surface area contributed by atoms with E-state index in [0.29, 0.717) is 0 Å². The number of carbonyl (C=O) groups excluding carboxylic acids is 2. The van der Waals surface area contributed by atoms with Crippen LogP contribution in [0.2, 0.25) is 0 Å². The second kappa shape index (κ2) is 14.5. The minimum atomic E-state index is -1.27. The number of hydrogen-bond acceptors (Lipinski definition) is 4. The Morgan fingerprint density at radius 2 is 1.35 bits per heavy atom. The van der Waals surface area contributed by atoms with Crippen LogP contribution in [0.1, 0.15) is 97.8 Å². The second-order valence-corrected chi connectivity index (χ2v) is 6.51. The van der Waals surface area contributed by atoms with Crippen LogP contribution in [0.15, 0.2) is 0 Å². The highest BCUT2D eigenvalue weighted by Gasteiger charge is 2.24. The molecule has 0 bridgehead atoms. The number of carbonyl (C=O) groups is 2. The zero-order chi connectivity index (χ0) is 17.5. The minimum Gasteiger partial charge on any atom is -0.546 e. The molecular formula is C19H35O4-. The molecule has 4 nitrogen and oxygen atoms in total. The van der Waals surface area contributed by atoms with Gasteiger partial charge < -0.3 is 14.6 Å². The average molecular weight is 327 g/mol. The molecule has 0 aromatic heterocycles. The Balaban J connectivity index is 3.98. The number of esters is 1. The van der Waals surface area contributed by atoms with Gasteiger partial charge in [-0.3, -0.25) is 4.79 Å². The van der Waals surface area contributed by atoms with Crippen LogP contribution in [-0.2, 0) is 14.3 Å². The highest BCUT2D eigenvalue weighted by molar-refractivity contribution is 5.75. The van der Waals surface area contributed by atoms with E-state index in [1.165, 1.54) is 51.9 Å². The standard InChI is InChI=1S/C19H36O4/c1-4-6-7-8-9-10-11-12-13-15-17(14-5-2)18(19(21)22)23-16(3)20/h17-18H,4-15H2,1-3H3,(H,21,22)/p-1. The molecule has 23 heavy (non-hydrogen) atoms. The van der Waals surface area contributed by atoms with Crippen LogP contribution >= 0.6 is 0 Å². The van der Waals surface area contributed by atoms with E-state index in [1.54, 1.807) is 0 Å². The first-order valence-electron chi connectivity index (χ1n) is 9.40. The third kappa shape index (κ3) is 12.1. The largest absolute Gasteiger partial charge is 0.546 e. The quantitative estimate of drug-likeness (QED) is 0.337. The number of unbranched alkanes of at least 4 members (excludes halogenated alkanes) is 8. The lowest BCUT2D eigenvalue weighted by atomic mass is 9.90. The van der Waals surface area contributed by atoms with Crippen LogP contribution in [0.25, 0.3) is 0 Å². The van der Waals surface area contributed by atoms with E-state index >= 15 is 0 Å². The molecule has 2 unspecified atom stereocenters. The first-order valence-corrected chi connectivity index (χ1v) is 9.40. The summed E-state index contributed by atoms with van der Waals surface area (Å²) in [6, 6.07) is 0. The first-order chi connectivity index (χ1) is 11.0. The fourth-order valence-electron chi connectivity index (χ4n) is 3.05. The van der Waals surface area contributed by atoms with E-state index in [0.717, 1.165) is 32.1 Å². The molecule has 0 aliphatic heterocycles. The van der Waals surface area contributed by atoms with Gasteiger partial charge in [0.1, 0.15) is 6.10 Å². The molecule has 0 heterocycles. The Morgan fingerprint density at radius 1 is 0.826 bits per heavy atom. The molecule has 136 valence electrons. The van der Waals surface area contributed by atoms with Gasteiger partial charge in [-0.25, -0.2) is 0 Å². The van der Waals surface area contributed by atoms with Crippen LogP contribution in [0, 0.1) is 5.92 Å². The average Bonchev–Trinajstić information content (AvgIpc) is 2.49. The van der Waals surface area contributed by atoms with Gasteiger partial charge in [0, 0.05) is 12.8 Å². The van der Waals surface area contributed by atoms with Crippen LogP contribution in [-0.4, -0.2) is 18.0 Å². The van der Waals surface area contributed by atoms with E-state index < -0.39 is 18.0 Å². The van der Waals surface area contributed by atoms with Crippen LogP contribution in [0.3, 0.4) is 0 Å². The predicted molar refractivity (Wildman–Crippen MR) is 90.8 cm³/mol. The number of ether oxygens (including phenoxy) is 1. The molecule has 4 heteroatoms. The number of carboxylic acid groups (broad SMARTS) is 1. The molecule has 0 rings (SSSR count). The lowest BCUT2D eigenvalue weighted by Crippen LogP contribution is -2.43. The minimum absolute atomic E-state index is 0.126. The van der Waals surface area contributed by atoms with E-state index in [9.17, 15) is 14.7 Å². The molecule has 0 aromatic carbocycles. The maximum Gasteiger partial charge on any atom is 0.303 e. The Hall–Kier alpha value is -1.06. The SMILES string of the molecule is CCCCCCCCCCCC(CCC)C(OC(C)=O)C(=O)[O-]. The van der Waals surface area contributed by atoms with Crippen molar-refractivity contribution in [1.29, 1.82) is 0 Å². The Morgan fingerprint density at radius 3 is 1.78 bits per heavy atom. The first kappa shape index (κ1) is 21.9. The number of rotatable bonds is 15. The fourth-order valence-corrected chi connectivity index (χ4v) is 3.05. The summed E-state index contributed by atoms with van der Waals surface area (Å²) in [7, 11) is 0. The van der Waals surface area contributed by atoms with Crippen molar-refractivity contribution in [3.63, 3.8) is 0 Å². The molecule has 0 aliphatic carbocycles. The summed E-state index contributed by atoms with van der Waals surface area (Å²) in [5, 5.41) is 11.2. The van der Waals surface area contributed by atoms with E-state index in [-0.39, 0.29) is 5.92 Å². The van der Waals surface area contributed by atoms with Crippen molar-refractivity contribution in [2.24, 2.45) is 5.92 Å². The van der Waals surface area contributed by atoms with Crippen molar-refractivity contribution in [3.05, 3.63) is 0 Å². The summed E-state index contributed by atoms with van der Waals surface area (Å²) in [5.41, 5.74) is 0. The molecule has 0 amide bonds. The lowest BCUT2D eigenvalue weighted by Gasteiger charge is -2.27. The summed E-state index contributed by atoms with van der Waals surface area (Å²) >= 11 is 0. The summed E-state index contributed by atoms with van der Waals surface area (Å²) < 4.78 is 4.96. The maximum absolute atomic E-state index is 11.2. The molecule has 0 aliphatic rings. The highest BCUT2D eigenvalue weighted by atomic mass is 16.6. The third-order valence-electron chi connectivity index (χ3n) is 4.29. The van der Waals surface area contributed by atoms with Gasteiger partial charge in [0.05, 0.1) is 5.97 Å². The fraction of sp³-hybridized carbons (Fsp3) is 0.895. The molecule has 2 atom stereocenters. The molecule has 0 fully saturated rings. The third-order valence-corrected chi connectivity index (χ3v) is 4.29. The van der Waals surface area contributed by atoms with Crippen molar-refractivity contribution >= 4 is 11.9 Å². The second-order valence-electron chi connectivity index (χ2n) is 6.51. The topological polar surface area (TPSA) is 66.4 Å². The predicted octanol–water partition coefficient (Wildman–Crippen LogP) is 4.01. The van der Waals surface area contributed by atoms with Gasteiger partial charge in [-0.2, -0.15) is 0 Å². The highest BCUT2D eigenvalue weighted by Crippen LogP contribution is 2.22. The normalized spacial score (nSPS) is 13.5.